The second kappa shape index (κ2) is 5.17. The van der Waals surface area contributed by atoms with Crippen LogP contribution in [0.5, 0.6) is 0 Å². The van der Waals surface area contributed by atoms with Gasteiger partial charge in [-0.3, -0.25) is 0 Å². The van der Waals surface area contributed by atoms with Crippen molar-refractivity contribution < 1.29 is 4.74 Å². The van der Waals surface area contributed by atoms with Crippen molar-refractivity contribution in [3.63, 3.8) is 0 Å². The van der Waals surface area contributed by atoms with Gasteiger partial charge in [-0.15, -0.1) is 11.3 Å². The maximum atomic E-state index is 10.2. The highest BCUT2D eigenvalue weighted by molar-refractivity contribution is 5.12. The zero-order valence-corrected chi connectivity index (χ0v) is 8.75. The standard InChI is InChI=1S/C10H13N3O2/c1-4-9(2)15-8-13-6-5-12(3)10(13)7-11-14/h1,5-7,9H,8H2,2-3H3/b10-7-. The first-order valence-electron chi connectivity index (χ1n) is 4.47. The zero-order chi connectivity index (χ0) is 11.3. The first kappa shape index (κ1) is 11.3. The molecule has 1 unspecified atom stereocenters. The van der Waals surface area contributed by atoms with Crippen molar-refractivity contribution in [3.8, 4) is 12.3 Å². The SMILES string of the molecule is C#CC(C)OCN1C=CN(C)/C1=C/N=O. The van der Waals surface area contributed by atoms with Crippen molar-refractivity contribution in [1.29, 1.82) is 0 Å². The van der Waals surface area contributed by atoms with E-state index in [9.17, 15) is 4.91 Å². The third kappa shape index (κ3) is 2.82. The minimum absolute atomic E-state index is 0.255. The highest BCUT2D eigenvalue weighted by Gasteiger charge is 2.17. The van der Waals surface area contributed by atoms with Crippen molar-refractivity contribution in [2.24, 2.45) is 5.18 Å². The molecule has 0 amide bonds. The van der Waals surface area contributed by atoms with Gasteiger partial charge in [-0.25, -0.2) is 0 Å². The van der Waals surface area contributed by atoms with E-state index in [-0.39, 0.29) is 6.10 Å². The van der Waals surface area contributed by atoms with Crippen molar-refractivity contribution >= 4 is 0 Å². The molecule has 5 heteroatoms. The molecule has 0 aromatic heterocycles. The summed E-state index contributed by atoms with van der Waals surface area (Å²) in [7, 11) is 1.82. The second-order valence-electron chi connectivity index (χ2n) is 3.08. The predicted molar refractivity (Wildman–Crippen MR) is 56.9 cm³/mol. The van der Waals surface area contributed by atoms with Gasteiger partial charge in [-0.05, 0) is 12.1 Å². The molecule has 0 aromatic carbocycles. The summed E-state index contributed by atoms with van der Waals surface area (Å²) in [4.78, 5) is 13.7. The maximum Gasteiger partial charge on any atom is 0.136 e. The van der Waals surface area contributed by atoms with Crippen molar-refractivity contribution in [2.45, 2.75) is 13.0 Å². The lowest BCUT2D eigenvalue weighted by atomic mass is 10.4. The van der Waals surface area contributed by atoms with E-state index in [4.69, 9.17) is 11.2 Å². The molecule has 0 aliphatic carbocycles. The minimum Gasteiger partial charge on any atom is -0.345 e. The first-order valence-corrected chi connectivity index (χ1v) is 4.47. The number of hydrogen-bond donors (Lipinski definition) is 0. The number of rotatable bonds is 4. The lowest BCUT2D eigenvalue weighted by molar-refractivity contribution is 0.0418. The summed E-state index contributed by atoms with van der Waals surface area (Å²) < 4.78 is 5.33. The minimum atomic E-state index is -0.255. The Morgan fingerprint density at radius 2 is 2.47 bits per heavy atom. The van der Waals surface area contributed by atoms with Crippen LogP contribution in [0.4, 0.5) is 0 Å². The fourth-order valence-corrected chi connectivity index (χ4v) is 1.10. The molecule has 1 aliphatic rings. The van der Waals surface area contributed by atoms with Crippen LogP contribution in [-0.2, 0) is 4.74 Å². The fraction of sp³-hybridized carbons (Fsp3) is 0.400. The van der Waals surface area contributed by atoms with Crippen LogP contribution in [0.3, 0.4) is 0 Å². The molecule has 80 valence electrons. The average molecular weight is 207 g/mol. The van der Waals surface area contributed by atoms with E-state index in [0.717, 1.165) is 0 Å². The maximum absolute atomic E-state index is 10.2. The van der Waals surface area contributed by atoms with Crippen LogP contribution in [0, 0.1) is 17.3 Å². The number of hydrogen-bond acceptors (Lipinski definition) is 5. The Bertz CT molecular complexity index is 330. The van der Waals surface area contributed by atoms with Gasteiger partial charge in [0.25, 0.3) is 0 Å². The van der Waals surface area contributed by atoms with Crippen LogP contribution in [0.15, 0.2) is 29.6 Å². The molecule has 0 radical (unpaired) electrons. The molecule has 1 rings (SSSR count). The highest BCUT2D eigenvalue weighted by Crippen LogP contribution is 2.17. The van der Waals surface area contributed by atoms with E-state index in [2.05, 4.69) is 11.1 Å². The van der Waals surface area contributed by atoms with Gasteiger partial charge in [0.1, 0.15) is 24.9 Å². The molecule has 0 fully saturated rings. The van der Waals surface area contributed by atoms with Crippen LogP contribution in [0.1, 0.15) is 6.92 Å². The van der Waals surface area contributed by atoms with E-state index in [1.54, 1.807) is 29.1 Å². The Balaban J connectivity index is 2.56. The second-order valence-corrected chi connectivity index (χ2v) is 3.08. The van der Waals surface area contributed by atoms with Crippen LogP contribution < -0.4 is 0 Å². The summed E-state index contributed by atoms with van der Waals surface area (Å²) >= 11 is 0. The monoisotopic (exact) mass is 207 g/mol. The zero-order valence-electron chi connectivity index (χ0n) is 8.75. The van der Waals surface area contributed by atoms with E-state index < -0.39 is 0 Å². The molecule has 5 nitrogen and oxygen atoms in total. The molecule has 0 saturated heterocycles. The smallest absolute Gasteiger partial charge is 0.136 e. The largest absolute Gasteiger partial charge is 0.345 e. The van der Waals surface area contributed by atoms with Crippen molar-refractivity contribution in [3.05, 3.63) is 29.3 Å². The van der Waals surface area contributed by atoms with Crippen LogP contribution in [-0.4, -0.2) is 29.7 Å². The molecule has 1 aliphatic heterocycles. The van der Waals surface area contributed by atoms with Crippen LogP contribution in [0.25, 0.3) is 0 Å². The van der Waals surface area contributed by atoms with E-state index in [1.165, 1.54) is 6.20 Å². The molecule has 0 saturated carbocycles. The summed E-state index contributed by atoms with van der Waals surface area (Å²) in [5, 5.41) is 2.73. The van der Waals surface area contributed by atoms with Gasteiger partial charge in [0, 0.05) is 19.4 Å². The molecule has 1 heterocycles. The highest BCUT2D eigenvalue weighted by atomic mass is 16.5. The Hall–Kier alpha value is -1.80. The molecule has 0 aromatic rings. The molecule has 0 bridgehead atoms. The van der Waals surface area contributed by atoms with Gasteiger partial charge in [-0.2, -0.15) is 0 Å². The quantitative estimate of drug-likeness (QED) is 0.514. The van der Waals surface area contributed by atoms with E-state index in [0.29, 0.717) is 12.6 Å². The Morgan fingerprint density at radius 1 is 1.73 bits per heavy atom. The lowest BCUT2D eigenvalue weighted by Gasteiger charge is -2.21. The van der Waals surface area contributed by atoms with Gasteiger partial charge >= 0.3 is 0 Å². The molecule has 0 spiro atoms. The topological polar surface area (TPSA) is 45.1 Å². The van der Waals surface area contributed by atoms with Gasteiger partial charge in [0.2, 0.25) is 0 Å². The number of ether oxygens (including phenoxy) is 1. The Labute approximate surface area is 89.0 Å². The first-order chi connectivity index (χ1) is 7.19. The van der Waals surface area contributed by atoms with Gasteiger partial charge < -0.3 is 14.5 Å². The normalized spacial score (nSPS) is 19.4. The lowest BCUT2D eigenvalue weighted by Crippen LogP contribution is -2.24. The fourth-order valence-electron chi connectivity index (χ4n) is 1.10. The van der Waals surface area contributed by atoms with Crippen LogP contribution >= 0.6 is 0 Å². The van der Waals surface area contributed by atoms with E-state index >= 15 is 0 Å². The molecular weight excluding hydrogens is 194 g/mol. The van der Waals surface area contributed by atoms with Gasteiger partial charge in [0.05, 0.1) is 0 Å². The average Bonchev–Trinajstić information content (AvgIpc) is 2.58. The predicted octanol–water partition coefficient (Wildman–Crippen LogP) is 1.27. The molecule has 1 atom stereocenters. The van der Waals surface area contributed by atoms with Gasteiger partial charge in [0.15, 0.2) is 0 Å². The summed E-state index contributed by atoms with van der Waals surface area (Å²) in [6, 6.07) is 0. The summed E-state index contributed by atoms with van der Waals surface area (Å²) in [6.07, 6.45) is 9.74. The summed E-state index contributed by atoms with van der Waals surface area (Å²) in [6.45, 7) is 2.08. The summed E-state index contributed by atoms with van der Waals surface area (Å²) in [5.74, 6) is 3.12. The Kier molecular flexibility index (Phi) is 3.89. The number of nitrogens with zero attached hydrogens (tertiary/aromatic N) is 3. The number of terminal acetylenes is 1. The molecular formula is C10H13N3O2. The molecule has 0 N–H and O–H groups in total. The van der Waals surface area contributed by atoms with Crippen molar-refractivity contribution in [2.75, 3.05) is 13.8 Å². The van der Waals surface area contributed by atoms with Crippen molar-refractivity contribution in [1.82, 2.24) is 9.80 Å². The molecule has 15 heavy (non-hydrogen) atoms. The third-order valence-electron chi connectivity index (χ3n) is 1.99. The third-order valence-corrected chi connectivity index (χ3v) is 1.99. The van der Waals surface area contributed by atoms with Crippen LogP contribution in [0.2, 0.25) is 0 Å². The number of nitroso groups, excluding NO2 is 1. The Morgan fingerprint density at radius 3 is 3.07 bits per heavy atom. The van der Waals surface area contributed by atoms with Gasteiger partial charge in [-0.1, -0.05) is 5.92 Å². The van der Waals surface area contributed by atoms with E-state index in [1.807, 2.05) is 7.05 Å². The summed E-state index contributed by atoms with van der Waals surface area (Å²) in [5.41, 5.74) is 0.